The number of nitrogens with zero attached hydrogens (tertiary/aromatic N) is 1. The van der Waals surface area contributed by atoms with Crippen molar-refractivity contribution < 1.29 is 9.53 Å². The van der Waals surface area contributed by atoms with Gasteiger partial charge in [-0.1, -0.05) is 19.4 Å². The van der Waals surface area contributed by atoms with E-state index in [-0.39, 0.29) is 23.7 Å². The lowest BCUT2D eigenvalue weighted by Crippen LogP contribution is -2.43. The van der Waals surface area contributed by atoms with Crippen molar-refractivity contribution in [3.63, 3.8) is 0 Å². The molecular weight excluding hydrogens is 284 g/mol. The first kappa shape index (κ1) is 15.0. The van der Waals surface area contributed by atoms with Gasteiger partial charge in [-0.3, -0.25) is 10.1 Å². The third-order valence-corrected chi connectivity index (χ3v) is 5.37. The van der Waals surface area contributed by atoms with Crippen molar-refractivity contribution in [2.75, 3.05) is 13.2 Å². The molecule has 3 unspecified atom stereocenters. The molecule has 0 saturated carbocycles. The summed E-state index contributed by atoms with van der Waals surface area (Å²) in [5.74, 6) is 0.229. The van der Waals surface area contributed by atoms with Crippen LogP contribution in [0, 0.1) is 0 Å². The number of thiophene rings is 1. The smallest absolute Gasteiger partial charge is 0.241 e. The Hall–Kier alpha value is -0.910. The van der Waals surface area contributed by atoms with Crippen molar-refractivity contribution in [2.24, 2.45) is 0 Å². The molecule has 0 aliphatic carbocycles. The summed E-state index contributed by atoms with van der Waals surface area (Å²) in [4.78, 5) is 16.0. The van der Waals surface area contributed by atoms with Gasteiger partial charge in [-0.05, 0) is 37.6 Å². The van der Waals surface area contributed by atoms with Crippen molar-refractivity contribution in [3.05, 3.63) is 22.4 Å². The highest BCUT2D eigenvalue weighted by molar-refractivity contribution is 7.10. The zero-order chi connectivity index (χ0) is 14.9. The van der Waals surface area contributed by atoms with Crippen molar-refractivity contribution >= 4 is 17.2 Å². The predicted octanol–water partition coefficient (Wildman–Crippen LogP) is 2.92. The molecule has 2 aliphatic heterocycles. The fraction of sp³-hybridized carbons (Fsp3) is 0.688. The summed E-state index contributed by atoms with van der Waals surface area (Å²) in [7, 11) is 0. The summed E-state index contributed by atoms with van der Waals surface area (Å²) in [6, 6.07) is 4.10. The molecule has 1 aromatic rings. The minimum absolute atomic E-state index is 0.00933. The minimum Gasteiger partial charge on any atom is -0.373 e. The molecule has 5 heteroatoms. The molecule has 2 fully saturated rings. The number of nitrogens with one attached hydrogen (secondary N) is 1. The molecule has 3 heterocycles. The Balaban J connectivity index is 1.81. The largest absolute Gasteiger partial charge is 0.373 e. The van der Waals surface area contributed by atoms with Gasteiger partial charge in [0.05, 0.1) is 18.2 Å². The van der Waals surface area contributed by atoms with Crippen LogP contribution in [0.1, 0.15) is 50.6 Å². The number of carbonyl (C=O) groups excluding carboxylic acids is 1. The molecule has 1 amide bonds. The number of hydrogen-bond donors (Lipinski definition) is 1. The van der Waals surface area contributed by atoms with Gasteiger partial charge in [-0.2, -0.15) is 0 Å². The van der Waals surface area contributed by atoms with Crippen LogP contribution in [-0.2, 0) is 9.53 Å². The number of ether oxygens (including phenoxy) is 1. The summed E-state index contributed by atoms with van der Waals surface area (Å²) in [6.07, 6.45) is 4.05. The van der Waals surface area contributed by atoms with E-state index in [9.17, 15) is 4.79 Å². The van der Waals surface area contributed by atoms with Gasteiger partial charge in [-0.25, -0.2) is 0 Å². The summed E-state index contributed by atoms with van der Waals surface area (Å²) in [6.45, 7) is 5.75. The lowest BCUT2D eigenvalue weighted by molar-refractivity contribution is -0.133. The lowest BCUT2D eigenvalue weighted by Gasteiger charge is -2.32. The third kappa shape index (κ3) is 3.00. The average molecular weight is 308 g/mol. The average Bonchev–Trinajstić information content (AvgIpc) is 3.17. The topological polar surface area (TPSA) is 41.6 Å². The Morgan fingerprint density at radius 1 is 1.57 bits per heavy atom. The second kappa shape index (κ2) is 6.07. The third-order valence-electron chi connectivity index (χ3n) is 4.45. The standard InChI is InChI=1S/C16H24N2O2S/c1-3-6-12-15(19)18(11-16(2)8-5-9-20-16)14(17-12)13-7-4-10-21-13/h4,7,10,12,14,17H,3,5-6,8-9,11H2,1-2H3. The first-order valence-corrected chi connectivity index (χ1v) is 8.75. The Labute approximate surface area is 130 Å². The number of carbonyl (C=O) groups is 1. The molecule has 3 atom stereocenters. The molecule has 3 rings (SSSR count). The van der Waals surface area contributed by atoms with Crippen LogP contribution in [0.5, 0.6) is 0 Å². The van der Waals surface area contributed by atoms with E-state index in [2.05, 4.69) is 30.6 Å². The molecule has 2 saturated heterocycles. The highest BCUT2D eigenvalue weighted by Gasteiger charge is 2.43. The Morgan fingerprint density at radius 2 is 2.43 bits per heavy atom. The Morgan fingerprint density at radius 3 is 3.05 bits per heavy atom. The van der Waals surface area contributed by atoms with Crippen LogP contribution >= 0.6 is 11.3 Å². The first-order chi connectivity index (χ1) is 10.1. The van der Waals surface area contributed by atoms with Crippen LogP contribution in [-0.4, -0.2) is 35.6 Å². The molecular formula is C16H24N2O2S. The van der Waals surface area contributed by atoms with E-state index in [1.165, 1.54) is 4.88 Å². The molecule has 1 N–H and O–H groups in total. The van der Waals surface area contributed by atoms with Crippen LogP contribution in [0.25, 0.3) is 0 Å². The van der Waals surface area contributed by atoms with Crippen molar-refractivity contribution in [3.8, 4) is 0 Å². The van der Waals surface area contributed by atoms with Gasteiger partial charge in [0.25, 0.3) is 0 Å². The molecule has 21 heavy (non-hydrogen) atoms. The van der Waals surface area contributed by atoms with E-state index >= 15 is 0 Å². The summed E-state index contributed by atoms with van der Waals surface area (Å²) in [5.41, 5.74) is -0.187. The monoisotopic (exact) mass is 308 g/mol. The van der Waals surface area contributed by atoms with Gasteiger partial charge in [-0.15, -0.1) is 11.3 Å². The van der Waals surface area contributed by atoms with Crippen molar-refractivity contribution in [1.29, 1.82) is 0 Å². The molecule has 4 nitrogen and oxygen atoms in total. The molecule has 0 radical (unpaired) electrons. The van der Waals surface area contributed by atoms with Crippen LogP contribution in [0.2, 0.25) is 0 Å². The number of rotatable bonds is 5. The summed E-state index contributed by atoms with van der Waals surface area (Å²) in [5, 5.41) is 5.59. The molecule has 0 spiro atoms. The molecule has 0 aromatic carbocycles. The quantitative estimate of drug-likeness (QED) is 0.909. The number of amides is 1. The van der Waals surface area contributed by atoms with E-state index in [1.54, 1.807) is 11.3 Å². The van der Waals surface area contributed by atoms with E-state index in [1.807, 2.05) is 11.0 Å². The van der Waals surface area contributed by atoms with Crippen molar-refractivity contribution in [1.82, 2.24) is 10.2 Å². The highest BCUT2D eigenvalue weighted by Crippen LogP contribution is 2.34. The Kier molecular flexibility index (Phi) is 4.33. The Bertz CT molecular complexity index is 482. The normalized spacial score (nSPS) is 33.0. The van der Waals surface area contributed by atoms with Gasteiger partial charge >= 0.3 is 0 Å². The van der Waals surface area contributed by atoms with E-state index < -0.39 is 0 Å². The maximum atomic E-state index is 12.7. The summed E-state index contributed by atoms with van der Waals surface area (Å²) < 4.78 is 5.89. The van der Waals surface area contributed by atoms with Gasteiger partial charge in [0.1, 0.15) is 6.17 Å². The van der Waals surface area contributed by atoms with Gasteiger partial charge in [0.2, 0.25) is 5.91 Å². The SMILES string of the molecule is CCCC1NC(c2cccs2)N(CC2(C)CCCO2)C1=O. The fourth-order valence-corrected chi connectivity index (χ4v) is 4.14. The maximum Gasteiger partial charge on any atom is 0.241 e. The second-order valence-electron chi connectivity index (χ2n) is 6.29. The van der Waals surface area contributed by atoms with Gasteiger partial charge in [0.15, 0.2) is 0 Å². The molecule has 0 bridgehead atoms. The number of hydrogen-bond acceptors (Lipinski definition) is 4. The zero-order valence-electron chi connectivity index (χ0n) is 12.8. The van der Waals surface area contributed by atoms with Crippen molar-refractivity contribution in [2.45, 2.75) is 57.3 Å². The molecule has 1 aromatic heterocycles. The predicted molar refractivity (Wildman–Crippen MR) is 84.2 cm³/mol. The van der Waals surface area contributed by atoms with E-state index in [0.717, 1.165) is 32.3 Å². The van der Waals surface area contributed by atoms with E-state index in [0.29, 0.717) is 6.54 Å². The lowest BCUT2D eigenvalue weighted by atomic mass is 10.0. The van der Waals surface area contributed by atoms with Gasteiger partial charge in [0, 0.05) is 11.5 Å². The molecule has 2 aliphatic rings. The van der Waals surface area contributed by atoms with Crippen LogP contribution in [0.15, 0.2) is 17.5 Å². The van der Waals surface area contributed by atoms with Crippen LogP contribution < -0.4 is 5.32 Å². The van der Waals surface area contributed by atoms with E-state index in [4.69, 9.17) is 4.74 Å². The van der Waals surface area contributed by atoms with Gasteiger partial charge < -0.3 is 9.64 Å². The van der Waals surface area contributed by atoms with Crippen LogP contribution in [0.4, 0.5) is 0 Å². The maximum absolute atomic E-state index is 12.7. The summed E-state index contributed by atoms with van der Waals surface area (Å²) >= 11 is 1.71. The minimum atomic E-state index is -0.187. The molecule has 116 valence electrons. The second-order valence-corrected chi connectivity index (χ2v) is 7.27. The first-order valence-electron chi connectivity index (χ1n) is 7.87. The highest BCUT2D eigenvalue weighted by atomic mass is 32.1. The fourth-order valence-electron chi connectivity index (χ4n) is 3.35. The zero-order valence-corrected chi connectivity index (χ0v) is 13.6. The van der Waals surface area contributed by atoms with Crippen LogP contribution in [0.3, 0.4) is 0 Å².